The van der Waals surface area contributed by atoms with Crippen LogP contribution in [-0.4, -0.2) is 0 Å². The molecule has 11 aromatic rings. The SMILES string of the molecule is c1ccc(-c2ccccc2N(c2ccc3c(c2)C2(c4ccccc4-c4ccccc4-3)c3ccccc3-c3c2ccc2ccccc32)c2cccc3c2Oc2ccccc2-c2ccccc2-3)cc1. The summed E-state index contributed by atoms with van der Waals surface area (Å²) < 4.78 is 7.30. The minimum atomic E-state index is -0.677. The Labute approximate surface area is 390 Å². The third kappa shape index (κ3) is 5.39. The molecule has 1 atom stereocenters. The lowest BCUT2D eigenvalue weighted by molar-refractivity contribution is 0.489. The van der Waals surface area contributed by atoms with Gasteiger partial charge in [0.2, 0.25) is 0 Å². The van der Waals surface area contributed by atoms with Gasteiger partial charge in [0.05, 0.1) is 16.8 Å². The predicted molar refractivity (Wildman–Crippen MR) is 277 cm³/mol. The molecule has 14 rings (SSSR count). The molecular weight excluding hydrogens is 811 g/mol. The molecule has 0 bridgehead atoms. The van der Waals surface area contributed by atoms with Crippen molar-refractivity contribution in [2.24, 2.45) is 0 Å². The van der Waals surface area contributed by atoms with Gasteiger partial charge in [-0.25, -0.2) is 0 Å². The summed E-state index contributed by atoms with van der Waals surface area (Å²) in [5.41, 5.74) is 21.7. The van der Waals surface area contributed by atoms with Crippen LogP contribution in [0, 0.1) is 0 Å². The summed E-state index contributed by atoms with van der Waals surface area (Å²) in [6.45, 7) is 0. The molecule has 1 unspecified atom stereocenters. The fraction of sp³-hybridized carbons (Fsp3) is 0.0154. The van der Waals surface area contributed by atoms with Crippen LogP contribution in [0.5, 0.6) is 11.5 Å². The molecule has 1 spiro atoms. The van der Waals surface area contributed by atoms with Crippen molar-refractivity contribution in [1.29, 1.82) is 0 Å². The van der Waals surface area contributed by atoms with E-state index in [0.29, 0.717) is 0 Å². The van der Waals surface area contributed by atoms with Crippen LogP contribution in [0.15, 0.2) is 249 Å². The van der Waals surface area contributed by atoms with Crippen LogP contribution in [0.2, 0.25) is 0 Å². The van der Waals surface area contributed by atoms with Crippen LogP contribution in [0.4, 0.5) is 17.1 Å². The summed E-state index contributed by atoms with van der Waals surface area (Å²) in [4.78, 5) is 2.45. The first-order valence-corrected chi connectivity index (χ1v) is 23.2. The molecule has 0 saturated carbocycles. The lowest BCUT2D eigenvalue weighted by Gasteiger charge is -2.37. The highest BCUT2D eigenvalue weighted by Crippen LogP contribution is 2.63. The van der Waals surface area contributed by atoms with E-state index in [1.165, 1.54) is 66.4 Å². The summed E-state index contributed by atoms with van der Waals surface area (Å²) in [6.07, 6.45) is 0. The van der Waals surface area contributed by atoms with Crippen molar-refractivity contribution in [3.63, 3.8) is 0 Å². The molecule has 0 N–H and O–H groups in total. The first kappa shape index (κ1) is 37.6. The number of ether oxygens (including phenoxy) is 1. The molecule has 2 heteroatoms. The van der Waals surface area contributed by atoms with E-state index in [9.17, 15) is 0 Å². The number of benzene rings is 11. The molecule has 11 aromatic carbocycles. The quantitative estimate of drug-likeness (QED) is 0.175. The number of anilines is 3. The molecule has 0 aromatic heterocycles. The Morgan fingerprint density at radius 1 is 0.313 bits per heavy atom. The van der Waals surface area contributed by atoms with E-state index < -0.39 is 5.41 Å². The van der Waals surface area contributed by atoms with E-state index in [0.717, 1.165) is 61.9 Å². The fourth-order valence-corrected chi connectivity index (χ4v) is 11.8. The topological polar surface area (TPSA) is 12.5 Å². The molecule has 3 aliphatic rings. The van der Waals surface area contributed by atoms with E-state index in [2.05, 4.69) is 254 Å². The van der Waals surface area contributed by atoms with Gasteiger partial charge in [-0.1, -0.05) is 218 Å². The van der Waals surface area contributed by atoms with Crippen molar-refractivity contribution in [2.45, 2.75) is 5.41 Å². The Bertz CT molecular complexity index is 3810. The average Bonchev–Trinajstić information content (AvgIpc) is 3.55. The smallest absolute Gasteiger partial charge is 0.159 e. The highest BCUT2D eigenvalue weighted by atomic mass is 16.5. The second kappa shape index (κ2) is 14.7. The maximum absolute atomic E-state index is 7.30. The van der Waals surface area contributed by atoms with Crippen LogP contribution < -0.4 is 9.64 Å². The maximum atomic E-state index is 7.30. The Morgan fingerprint density at radius 2 is 0.851 bits per heavy atom. The summed E-state index contributed by atoms with van der Waals surface area (Å²) in [5, 5.41) is 2.51. The van der Waals surface area contributed by atoms with Crippen molar-refractivity contribution in [3.8, 4) is 78.3 Å². The second-order valence-electron chi connectivity index (χ2n) is 17.8. The predicted octanol–water partition coefficient (Wildman–Crippen LogP) is 17.4. The van der Waals surface area contributed by atoms with E-state index in [1.807, 2.05) is 0 Å². The van der Waals surface area contributed by atoms with Crippen molar-refractivity contribution < 1.29 is 4.74 Å². The molecule has 0 fully saturated rings. The monoisotopic (exact) mass is 851 g/mol. The Morgan fingerprint density at radius 3 is 1.63 bits per heavy atom. The van der Waals surface area contributed by atoms with Crippen molar-refractivity contribution in [3.05, 3.63) is 271 Å². The van der Waals surface area contributed by atoms with Crippen molar-refractivity contribution in [1.82, 2.24) is 0 Å². The highest BCUT2D eigenvalue weighted by Gasteiger charge is 2.50. The average molecular weight is 852 g/mol. The zero-order valence-electron chi connectivity index (χ0n) is 36.5. The Balaban J connectivity index is 1.12. The molecule has 0 saturated heterocycles. The van der Waals surface area contributed by atoms with Gasteiger partial charge >= 0.3 is 0 Å². The third-order valence-corrected chi connectivity index (χ3v) is 14.5. The standard InChI is InChI=1S/C65H41NO/c1-2-19-42(20-3-1)45-22-12-16-34-60(45)66(61-35-18-31-54-50-27-9-8-26-49(50)53-29-13-17-36-62(53)67-64(54)61)44-38-39-52-48-25-7-6-24-47(48)51-28-10-14-32-56(51)65(59(52)41-44)57-33-15-11-30-55(57)63-46-23-5-4-21-43(46)37-40-58(63)65/h1-41H. The van der Waals surface area contributed by atoms with Gasteiger partial charge in [0, 0.05) is 22.4 Å². The number of hydrogen-bond acceptors (Lipinski definition) is 2. The number of para-hydroxylation sites is 3. The second-order valence-corrected chi connectivity index (χ2v) is 17.8. The Hall–Kier alpha value is -8.72. The van der Waals surface area contributed by atoms with Crippen LogP contribution in [-0.2, 0) is 5.41 Å². The first-order chi connectivity index (χ1) is 33.3. The fourth-order valence-electron chi connectivity index (χ4n) is 11.8. The molecule has 0 amide bonds. The van der Waals surface area contributed by atoms with Gasteiger partial charge in [-0.3, -0.25) is 0 Å². The molecule has 312 valence electrons. The molecule has 0 radical (unpaired) electrons. The van der Waals surface area contributed by atoms with E-state index >= 15 is 0 Å². The van der Waals surface area contributed by atoms with Gasteiger partial charge in [-0.15, -0.1) is 0 Å². The van der Waals surface area contributed by atoms with E-state index in [-0.39, 0.29) is 0 Å². The summed E-state index contributed by atoms with van der Waals surface area (Å²) >= 11 is 0. The largest absolute Gasteiger partial charge is 0.454 e. The van der Waals surface area contributed by atoms with E-state index in [4.69, 9.17) is 4.74 Å². The molecule has 67 heavy (non-hydrogen) atoms. The number of fused-ring (bicyclic) bond motifs is 19. The number of hydrogen-bond donors (Lipinski definition) is 0. The molecule has 2 nitrogen and oxygen atoms in total. The van der Waals surface area contributed by atoms with Crippen LogP contribution in [0.25, 0.3) is 77.5 Å². The molecule has 1 heterocycles. The highest BCUT2D eigenvalue weighted by molar-refractivity contribution is 6.07. The van der Waals surface area contributed by atoms with Crippen molar-refractivity contribution in [2.75, 3.05) is 4.90 Å². The van der Waals surface area contributed by atoms with Gasteiger partial charge in [-0.2, -0.15) is 0 Å². The molecule has 2 aliphatic carbocycles. The Kier molecular flexibility index (Phi) is 8.23. The molecular formula is C65H41NO. The first-order valence-electron chi connectivity index (χ1n) is 23.2. The molecule has 1 aliphatic heterocycles. The summed E-state index contributed by atoms with van der Waals surface area (Å²) in [6, 6.07) is 91.5. The maximum Gasteiger partial charge on any atom is 0.159 e. The number of rotatable bonds is 4. The van der Waals surface area contributed by atoms with Crippen molar-refractivity contribution >= 4 is 27.8 Å². The third-order valence-electron chi connectivity index (χ3n) is 14.5. The minimum Gasteiger partial charge on any atom is -0.454 e. The van der Waals surface area contributed by atoms with E-state index in [1.54, 1.807) is 0 Å². The summed E-state index contributed by atoms with van der Waals surface area (Å²) in [5.74, 6) is 1.64. The number of nitrogens with zero attached hydrogens (tertiary/aromatic N) is 1. The summed E-state index contributed by atoms with van der Waals surface area (Å²) in [7, 11) is 0. The van der Waals surface area contributed by atoms with Gasteiger partial charge in [0.1, 0.15) is 5.75 Å². The van der Waals surface area contributed by atoms with Crippen LogP contribution in [0.1, 0.15) is 22.3 Å². The lowest BCUT2D eigenvalue weighted by atomic mass is 9.65. The van der Waals surface area contributed by atoms with Gasteiger partial charge in [0.15, 0.2) is 5.75 Å². The minimum absolute atomic E-state index is 0.677. The zero-order chi connectivity index (χ0) is 44.1. The lowest BCUT2D eigenvalue weighted by Crippen LogP contribution is -2.29. The normalized spacial score (nSPS) is 14.4. The zero-order valence-corrected chi connectivity index (χ0v) is 36.5. The van der Waals surface area contributed by atoms with Gasteiger partial charge in [-0.05, 0) is 113 Å². The van der Waals surface area contributed by atoms with Gasteiger partial charge < -0.3 is 9.64 Å². The van der Waals surface area contributed by atoms with Crippen LogP contribution >= 0.6 is 0 Å². The van der Waals surface area contributed by atoms with Gasteiger partial charge in [0.25, 0.3) is 0 Å². The van der Waals surface area contributed by atoms with Crippen LogP contribution in [0.3, 0.4) is 0 Å².